The van der Waals surface area contributed by atoms with Gasteiger partial charge in [0.25, 0.3) is 0 Å². The lowest BCUT2D eigenvalue weighted by atomic mass is 10.2. The third-order valence-electron chi connectivity index (χ3n) is 3.63. The maximum absolute atomic E-state index is 13.2. The molecule has 114 valence electrons. The maximum atomic E-state index is 13.2. The fourth-order valence-corrected chi connectivity index (χ4v) is 3.92. The van der Waals surface area contributed by atoms with Gasteiger partial charge >= 0.3 is 0 Å². The van der Waals surface area contributed by atoms with Crippen molar-refractivity contribution in [3.63, 3.8) is 0 Å². The number of rotatable bonds is 4. The van der Waals surface area contributed by atoms with Crippen LogP contribution in [0.1, 0.15) is 16.6 Å². The number of aromatic amines is 2. The van der Waals surface area contributed by atoms with Crippen molar-refractivity contribution in [2.75, 3.05) is 0 Å². The Morgan fingerprint density at radius 3 is 2.61 bits per heavy atom. The Morgan fingerprint density at radius 2 is 1.87 bits per heavy atom. The van der Waals surface area contributed by atoms with E-state index in [-0.39, 0.29) is 0 Å². The standard InChI is InChI=1S/C17H14N4OS/c22-23(17-20-12-6-1-2-7-13(12)21-17)16(15-9-5-11-19-15)14-8-3-4-10-18-14/h1-11,16,19H,(H,20,21). The molecule has 0 saturated heterocycles. The van der Waals surface area contributed by atoms with Gasteiger partial charge in [0.1, 0.15) is 16.0 Å². The molecule has 2 unspecified atom stereocenters. The highest BCUT2D eigenvalue weighted by Gasteiger charge is 2.27. The molecule has 0 amide bonds. The highest BCUT2D eigenvalue weighted by molar-refractivity contribution is 7.85. The van der Waals surface area contributed by atoms with Gasteiger partial charge in [0.15, 0.2) is 5.16 Å². The molecule has 0 spiro atoms. The van der Waals surface area contributed by atoms with Gasteiger partial charge in [0.2, 0.25) is 0 Å². The van der Waals surface area contributed by atoms with Crippen LogP contribution in [0.15, 0.2) is 72.1 Å². The topological polar surface area (TPSA) is 74.4 Å². The van der Waals surface area contributed by atoms with Gasteiger partial charge < -0.3 is 9.97 Å². The Kier molecular flexibility index (Phi) is 3.51. The van der Waals surface area contributed by atoms with E-state index in [1.807, 2.05) is 60.8 Å². The van der Waals surface area contributed by atoms with E-state index in [0.29, 0.717) is 5.16 Å². The second-order valence-electron chi connectivity index (χ2n) is 5.12. The molecule has 0 saturated carbocycles. The fraction of sp³-hybridized carbons (Fsp3) is 0.0588. The summed E-state index contributed by atoms with van der Waals surface area (Å²) in [5.74, 6) is 0. The maximum Gasteiger partial charge on any atom is 0.198 e. The first-order chi connectivity index (χ1) is 11.3. The number of nitrogens with one attached hydrogen (secondary N) is 2. The fourth-order valence-electron chi connectivity index (χ4n) is 2.56. The van der Waals surface area contributed by atoms with E-state index in [2.05, 4.69) is 19.9 Å². The molecule has 6 heteroatoms. The molecule has 3 heterocycles. The van der Waals surface area contributed by atoms with Gasteiger partial charge in [0.05, 0.1) is 16.7 Å². The second kappa shape index (κ2) is 5.81. The SMILES string of the molecule is O=S(c1nc2ccccc2[nH]1)C(c1ccccn1)c1ccc[nH]1. The number of fused-ring (bicyclic) bond motifs is 1. The summed E-state index contributed by atoms with van der Waals surface area (Å²) < 4.78 is 13.2. The van der Waals surface area contributed by atoms with E-state index in [1.165, 1.54) is 0 Å². The van der Waals surface area contributed by atoms with E-state index in [1.54, 1.807) is 6.20 Å². The zero-order chi connectivity index (χ0) is 15.6. The van der Waals surface area contributed by atoms with Crippen molar-refractivity contribution in [1.82, 2.24) is 19.9 Å². The summed E-state index contributed by atoms with van der Waals surface area (Å²) in [7, 11) is -1.39. The van der Waals surface area contributed by atoms with E-state index >= 15 is 0 Å². The molecule has 4 rings (SSSR count). The predicted molar refractivity (Wildman–Crippen MR) is 89.4 cm³/mol. The lowest BCUT2D eigenvalue weighted by Crippen LogP contribution is -2.12. The summed E-state index contributed by atoms with van der Waals surface area (Å²) in [4.78, 5) is 15.2. The average Bonchev–Trinajstić information content (AvgIpc) is 3.25. The zero-order valence-electron chi connectivity index (χ0n) is 12.1. The predicted octanol–water partition coefficient (Wildman–Crippen LogP) is 3.18. The molecule has 1 aromatic carbocycles. The molecule has 4 aromatic rings. The van der Waals surface area contributed by atoms with Gasteiger partial charge in [-0.2, -0.15) is 0 Å². The minimum absolute atomic E-state index is 0.397. The molecule has 0 fully saturated rings. The first-order valence-corrected chi connectivity index (χ1v) is 8.44. The summed E-state index contributed by atoms with van der Waals surface area (Å²) in [5, 5.41) is 0.0585. The average molecular weight is 322 g/mol. The van der Waals surface area contributed by atoms with Gasteiger partial charge in [-0.15, -0.1) is 0 Å². The highest BCUT2D eigenvalue weighted by atomic mass is 32.2. The number of aromatic nitrogens is 4. The molecule has 0 aliphatic carbocycles. The zero-order valence-corrected chi connectivity index (χ0v) is 13.0. The van der Waals surface area contributed by atoms with Crippen molar-refractivity contribution < 1.29 is 4.21 Å². The Balaban J connectivity index is 1.81. The Labute approximate surface area is 135 Å². The van der Waals surface area contributed by atoms with Crippen LogP contribution < -0.4 is 0 Å². The molecule has 0 aliphatic rings. The van der Waals surface area contributed by atoms with Gasteiger partial charge in [-0.05, 0) is 36.4 Å². The molecule has 0 aliphatic heterocycles. The van der Waals surface area contributed by atoms with E-state index in [0.717, 1.165) is 22.4 Å². The lowest BCUT2D eigenvalue weighted by Gasteiger charge is -2.13. The molecular weight excluding hydrogens is 308 g/mol. The smallest absolute Gasteiger partial charge is 0.198 e. The van der Waals surface area contributed by atoms with Gasteiger partial charge in [-0.3, -0.25) is 9.19 Å². The molecule has 23 heavy (non-hydrogen) atoms. The number of benzene rings is 1. The molecule has 0 bridgehead atoms. The highest BCUT2D eigenvalue weighted by Crippen LogP contribution is 2.29. The first-order valence-electron chi connectivity index (χ1n) is 7.22. The first kappa shape index (κ1) is 13.9. The number of hydrogen-bond donors (Lipinski definition) is 2. The summed E-state index contributed by atoms with van der Waals surface area (Å²) in [6, 6.07) is 17.1. The third-order valence-corrected chi connectivity index (χ3v) is 5.13. The van der Waals surface area contributed by atoms with Crippen LogP contribution in [0, 0.1) is 0 Å². The van der Waals surface area contributed by atoms with Crippen LogP contribution in [0.2, 0.25) is 0 Å². The minimum Gasteiger partial charge on any atom is -0.364 e. The van der Waals surface area contributed by atoms with Crippen LogP contribution in [-0.2, 0) is 10.8 Å². The number of nitrogens with zero attached hydrogens (tertiary/aromatic N) is 2. The van der Waals surface area contributed by atoms with Crippen molar-refractivity contribution in [2.45, 2.75) is 10.4 Å². The molecule has 5 nitrogen and oxygen atoms in total. The van der Waals surface area contributed by atoms with Crippen molar-refractivity contribution >= 4 is 21.8 Å². The van der Waals surface area contributed by atoms with Crippen LogP contribution in [0.25, 0.3) is 11.0 Å². The number of pyridine rings is 1. The van der Waals surface area contributed by atoms with Crippen LogP contribution in [0.5, 0.6) is 0 Å². The molecule has 2 N–H and O–H groups in total. The number of para-hydroxylation sites is 2. The lowest BCUT2D eigenvalue weighted by molar-refractivity contribution is 0.670. The van der Waals surface area contributed by atoms with Crippen molar-refractivity contribution in [3.8, 4) is 0 Å². The van der Waals surface area contributed by atoms with Crippen molar-refractivity contribution in [1.29, 1.82) is 0 Å². The monoisotopic (exact) mass is 322 g/mol. The van der Waals surface area contributed by atoms with Crippen LogP contribution in [0.4, 0.5) is 0 Å². The van der Waals surface area contributed by atoms with Crippen molar-refractivity contribution in [2.24, 2.45) is 0 Å². The van der Waals surface area contributed by atoms with E-state index < -0.39 is 16.0 Å². The Bertz CT molecular complexity index is 914. The summed E-state index contributed by atoms with van der Waals surface area (Å²) in [5.41, 5.74) is 3.28. The summed E-state index contributed by atoms with van der Waals surface area (Å²) in [6.45, 7) is 0. The van der Waals surface area contributed by atoms with Crippen molar-refractivity contribution in [3.05, 3.63) is 78.4 Å². The number of hydrogen-bond acceptors (Lipinski definition) is 3. The van der Waals surface area contributed by atoms with E-state index in [9.17, 15) is 4.21 Å². The van der Waals surface area contributed by atoms with Crippen LogP contribution in [-0.4, -0.2) is 24.1 Å². The minimum atomic E-state index is -1.39. The normalized spacial score (nSPS) is 13.9. The van der Waals surface area contributed by atoms with Gasteiger partial charge in [-0.1, -0.05) is 18.2 Å². The third kappa shape index (κ3) is 2.57. The summed E-state index contributed by atoms with van der Waals surface area (Å²) >= 11 is 0. The van der Waals surface area contributed by atoms with Crippen LogP contribution in [0.3, 0.4) is 0 Å². The number of H-pyrrole nitrogens is 2. The second-order valence-corrected chi connectivity index (χ2v) is 6.57. The van der Waals surface area contributed by atoms with E-state index in [4.69, 9.17) is 0 Å². The molecule has 3 aromatic heterocycles. The van der Waals surface area contributed by atoms with Crippen LogP contribution >= 0.6 is 0 Å². The van der Waals surface area contributed by atoms with Gasteiger partial charge in [-0.25, -0.2) is 4.98 Å². The Hall–Kier alpha value is -2.73. The number of imidazole rings is 1. The molecule has 0 radical (unpaired) electrons. The Morgan fingerprint density at radius 1 is 1.00 bits per heavy atom. The quantitative estimate of drug-likeness (QED) is 0.606. The largest absolute Gasteiger partial charge is 0.364 e. The molecule has 2 atom stereocenters. The van der Waals surface area contributed by atoms with Gasteiger partial charge in [0, 0.05) is 18.1 Å². The summed E-state index contributed by atoms with van der Waals surface area (Å²) in [6.07, 6.45) is 3.53. The molecular formula is C17H14N4OS.